The molecule has 0 bridgehead atoms. The Morgan fingerprint density at radius 1 is 1.63 bits per heavy atom. The van der Waals surface area contributed by atoms with E-state index < -0.39 is 0 Å². The molecule has 102 valence electrons. The van der Waals surface area contributed by atoms with Gasteiger partial charge >= 0.3 is 6.03 Å². The molecule has 19 heavy (non-hydrogen) atoms. The molecule has 2 aromatic heterocycles. The Bertz CT molecular complexity index is 526. The normalized spacial score (nSPS) is 12.1. The summed E-state index contributed by atoms with van der Waals surface area (Å²) in [7, 11) is 0. The minimum atomic E-state index is -0.155. The van der Waals surface area contributed by atoms with Crippen LogP contribution in [0.4, 0.5) is 4.79 Å². The van der Waals surface area contributed by atoms with E-state index >= 15 is 0 Å². The lowest BCUT2D eigenvalue weighted by Gasteiger charge is -2.14. The number of thiophene rings is 1. The minimum absolute atomic E-state index is 0.0456. The van der Waals surface area contributed by atoms with Crippen LogP contribution in [0.5, 0.6) is 0 Å². The number of amides is 2. The molecule has 2 rings (SSSR count). The Balaban J connectivity index is 1.71. The molecule has 0 radical (unpaired) electrons. The van der Waals surface area contributed by atoms with Crippen molar-refractivity contribution in [2.45, 2.75) is 26.1 Å². The maximum absolute atomic E-state index is 11.7. The van der Waals surface area contributed by atoms with Crippen molar-refractivity contribution in [1.82, 2.24) is 20.2 Å². The smallest absolute Gasteiger partial charge is 0.315 e. The zero-order valence-electron chi connectivity index (χ0n) is 10.5. The van der Waals surface area contributed by atoms with Gasteiger partial charge in [-0.3, -0.25) is 0 Å². The predicted octanol–water partition coefficient (Wildman–Crippen LogP) is 2.60. The topological polar surface area (TPSA) is 59.0 Å². The Hall–Kier alpha value is -1.34. The van der Waals surface area contributed by atoms with E-state index in [1.165, 1.54) is 0 Å². The maximum atomic E-state index is 11.7. The van der Waals surface area contributed by atoms with Crippen molar-refractivity contribution in [3.8, 4) is 0 Å². The number of carbonyl (C=O) groups excluding carboxylic acids is 1. The summed E-state index contributed by atoms with van der Waals surface area (Å²) < 4.78 is 2.98. The third-order valence-electron chi connectivity index (χ3n) is 2.47. The van der Waals surface area contributed by atoms with Gasteiger partial charge in [0.15, 0.2) is 0 Å². The van der Waals surface area contributed by atoms with E-state index in [2.05, 4.69) is 31.5 Å². The summed E-state index contributed by atoms with van der Waals surface area (Å²) in [5.74, 6) is 0. The first-order valence-electron chi connectivity index (χ1n) is 5.86. The largest absolute Gasteiger partial charge is 0.335 e. The first-order chi connectivity index (χ1) is 9.13. The quantitative estimate of drug-likeness (QED) is 0.877. The summed E-state index contributed by atoms with van der Waals surface area (Å²) in [6.07, 6.45) is 5.33. The summed E-state index contributed by atoms with van der Waals surface area (Å²) in [6, 6.07) is 1.89. The molecule has 2 aromatic rings. The summed E-state index contributed by atoms with van der Waals surface area (Å²) in [5.41, 5.74) is 0. The minimum Gasteiger partial charge on any atom is -0.335 e. The third kappa shape index (κ3) is 4.68. The second kappa shape index (κ2) is 6.72. The SMILES string of the molecule is C[C@@H](Cn1ccnc1)NC(=O)NCc1cc(Br)cs1. The van der Waals surface area contributed by atoms with Crippen LogP contribution in [0.15, 0.2) is 34.6 Å². The van der Waals surface area contributed by atoms with Crippen LogP contribution in [0.3, 0.4) is 0 Å². The number of hydrogen-bond acceptors (Lipinski definition) is 3. The third-order valence-corrected chi connectivity index (χ3v) is 4.16. The second-order valence-corrected chi connectivity index (χ2v) is 6.13. The van der Waals surface area contributed by atoms with Crippen LogP contribution >= 0.6 is 27.3 Å². The van der Waals surface area contributed by atoms with Crippen molar-refractivity contribution in [2.75, 3.05) is 0 Å². The highest BCUT2D eigenvalue weighted by Gasteiger charge is 2.07. The van der Waals surface area contributed by atoms with Gasteiger partial charge in [0.05, 0.1) is 12.9 Å². The second-order valence-electron chi connectivity index (χ2n) is 4.22. The van der Waals surface area contributed by atoms with Gasteiger partial charge in [-0.15, -0.1) is 11.3 Å². The van der Waals surface area contributed by atoms with Crippen LogP contribution in [0.2, 0.25) is 0 Å². The van der Waals surface area contributed by atoms with E-state index in [1.807, 2.05) is 29.1 Å². The highest BCUT2D eigenvalue weighted by atomic mass is 79.9. The van der Waals surface area contributed by atoms with Gasteiger partial charge in [-0.05, 0) is 28.9 Å². The van der Waals surface area contributed by atoms with E-state index in [-0.39, 0.29) is 12.1 Å². The first kappa shape index (κ1) is 14.1. The molecule has 5 nitrogen and oxygen atoms in total. The van der Waals surface area contributed by atoms with E-state index in [0.717, 1.165) is 9.35 Å². The summed E-state index contributed by atoms with van der Waals surface area (Å²) in [6.45, 7) is 3.21. The molecule has 2 amide bonds. The summed E-state index contributed by atoms with van der Waals surface area (Å²) in [4.78, 5) is 16.8. The van der Waals surface area contributed by atoms with Gasteiger partial charge in [0.1, 0.15) is 0 Å². The van der Waals surface area contributed by atoms with Gasteiger partial charge in [0, 0.05) is 39.7 Å². The van der Waals surface area contributed by atoms with E-state index in [0.29, 0.717) is 13.1 Å². The molecule has 1 atom stereocenters. The average molecular weight is 343 g/mol. The van der Waals surface area contributed by atoms with Crippen molar-refractivity contribution in [2.24, 2.45) is 0 Å². The molecule has 0 saturated heterocycles. The van der Waals surface area contributed by atoms with Gasteiger partial charge in [-0.1, -0.05) is 0 Å². The zero-order valence-corrected chi connectivity index (χ0v) is 12.9. The lowest BCUT2D eigenvalue weighted by Crippen LogP contribution is -2.42. The molecule has 0 fully saturated rings. The number of nitrogens with zero attached hydrogens (tertiary/aromatic N) is 2. The number of imidazole rings is 1. The van der Waals surface area contributed by atoms with Crippen molar-refractivity contribution in [3.63, 3.8) is 0 Å². The first-order valence-corrected chi connectivity index (χ1v) is 7.54. The fraction of sp³-hybridized carbons (Fsp3) is 0.333. The lowest BCUT2D eigenvalue weighted by molar-refractivity contribution is 0.236. The summed E-state index contributed by atoms with van der Waals surface area (Å²) >= 11 is 5.00. The predicted molar refractivity (Wildman–Crippen MR) is 79.1 cm³/mol. The van der Waals surface area contributed by atoms with E-state index in [9.17, 15) is 4.79 Å². The monoisotopic (exact) mass is 342 g/mol. The molecular weight excluding hydrogens is 328 g/mol. The van der Waals surface area contributed by atoms with Gasteiger partial charge in [0.25, 0.3) is 0 Å². The molecular formula is C12H15BrN4OS. The molecule has 7 heteroatoms. The fourth-order valence-electron chi connectivity index (χ4n) is 1.65. The fourth-order valence-corrected chi connectivity index (χ4v) is 3.04. The van der Waals surface area contributed by atoms with Gasteiger partial charge in [0.2, 0.25) is 0 Å². The van der Waals surface area contributed by atoms with Crippen molar-refractivity contribution >= 4 is 33.3 Å². The van der Waals surface area contributed by atoms with Crippen LogP contribution in [-0.2, 0) is 13.1 Å². The standard InChI is InChI=1S/C12H15BrN4OS/c1-9(6-17-3-2-14-8-17)16-12(18)15-5-11-4-10(13)7-19-11/h2-4,7-9H,5-6H2,1H3,(H2,15,16,18)/t9-/m0/s1. The number of aromatic nitrogens is 2. The molecule has 2 heterocycles. The Morgan fingerprint density at radius 2 is 2.47 bits per heavy atom. The number of urea groups is 1. The van der Waals surface area contributed by atoms with Crippen LogP contribution < -0.4 is 10.6 Å². The molecule has 0 saturated carbocycles. The maximum Gasteiger partial charge on any atom is 0.315 e. The Morgan fingerprint density at radius 3 is 3.11 bits per heavy atom. The lowest BCUT2D eigenvalue weighted by atomic mass is 10.3. The number of halogens is 1. The Labute approximate surface area is 124 Å². The van der Waals surface area contributed by atoms with Crippen LogP contribution in [0.1, 0.15) is 11.8 Å². The highest BCUT2D eigenvalue weighted by Crippen LogP contribution is 2.19. The van der Waals surface area contributed by atoms with E-state index in [4.69, 9.17) is 0 Å². The van der Waals surface area contributed by atoms with Crippen LogP contribution in [0.25, 0.3) is 0 Å². The molecule has 2 N–H and O–H groups in total. The number of nitrogens with one attached hydrogen (secondary N) is 2. The molecule has 0 aliphatic rings. The molecule has 0 aromatic carbocycles. The Kier molecular flexibility index (Phi) is 4.98. The van der Waals surface area contributed by atoms with Gasteiger partial charge < -0.3 is 15.2 Å². The number of carbonyl (C=O) groups is 1. The highest BCUT2D eigenvalue weighted by molar-refractivity contribution is 9.10. The average Bonchev–Trinajstić information content (AvgIpc) is 2.98. The zero-order chi connectivity index (χ0) is 13.7. The van der Waals surface area contributed by atoms with Crippen molar-refractivity contribution in [1.29, 1.82) is 0 Å². The molecule has 0 aliphatic heterocycles. The van der Waals surface area contributed by atoms with Crippen LogP contribution in [0, 0.1) is 0 Å². The molecule has 0 spiro atoms. The van der Waals surface area contributed by atoms with Crippen LogP contribution in [-0.4, -0.2) is 21.6 Å². The van der Waals surface area contributed by atoms with Gasteiger partial charge in [-0.2, -0.15) is 0 Å². The van der Waals surface area contributed by atoms with Crippen molar-refractivity contribution < 1.29 is 4.79 Å². The van der Waals surface area contributed by atoms with Gasteiger partial charge in [-0.25, -0.2) is 9.78 Å². The van der Waals surface area contributed by atoms with Crippen molar-refractivity contribution in [3.05, 3.63) is 39.5 Å². The van der Waals surface area contributed by atoms with E-state index in [1.54, 1.807) is 23.9 Å². The number of hydrogen-bond donors (Lipinski definition) is 2. The molecule has 0 aliphatic carbocycles. The number of rotatable bonds is 5. The summed E-state index contributed by atoms with van der Waals surface area (Å²) in [5, 5.41) is 7.72. The molecule has 0 unspecified atom stereocenters.